The molecule has 2 aromatic rings. The molecule has 0 spiro atoms. The highest BCUT2D eigenvalue weighted by Crippen LogP contribution is 2.22. The topological polar surface area (TPSA) is 52.6 Å². The van der Waals surface area contributed by atoms with Crippen molar-refractivity contribution in [2.75, 3.05) is 49.1 Å². The minimum atomic E-state index is -0.320. The van der Waals surface area contributed by atoms with Crippen LogP contribution in [0.4, 0.5) is 16.0 Å². The molecular weight excluding hydrogens is 345 g/mol. The second-order valence-corrected chi connectivity index (χ2v) is 7.06. The van der Waals surface area contributed by atoms with E-state index in [1.807, 2.05) is 11.0 Å². The van der Waals surface area contributed by atoms with Gasteiger partial charge < -0.3 is 14.7 Å². The van der Waals surface area contributed by atoms with Crippen molar-refractivity contribution >= 4 is 17.5 Å². The quantitative estimate of drug-likeness (QED) is 0.826. The van der Waals surface area contributed by atoms with E-state index in [2.05, 4.69) is 19.8 Å². The van der Waals surface area contributed by atoms with Crippen molar-refractivity contribution in [3.8, 4) is 0 Å². The molecule has 3 heterocycles. The normalized spacial score (nSPS) is 17.4. The van der Waals surface area contributed by atoms with Gasteiger partial charge in [-0.1, -0.05) is 18.2 Å². The molecule has 142 valence electrons. The molecule has 27 heavy (non-hydrogen) atoms. The Kier molecular flexibility index (Phi) is 5.18. The van der Waals surface area contributed by atoms with E-state index in [-0.39, 0.29) is 18.1 Å². The lowest BCUT2D eigenvalue weighted by Gasteiger charge is -2.35. The number of piperazine rings is 1. The third-order valence-electron chi connectivity index (χ3n) is 5.32. The molecule has 0 atom stereocenters. The predicted molar refractivity (Wildman–Crippen MR) is 102 cm³/mol. The van der Waals surface area contributed by atoms with E-state index in [1.165, 1.54) is 18.9 Å². The number of benzene rings is 1. The molecule has 2 saturated heterocycles. The summed E-state index contributed by atoms with van der Waals surface area (Å²) >= 11 is 0. The Balaban J connectivity index is 1.35. The molecular formula is C20H24FN5O. The third-order valence-corrected chi connectivity index (χ3v) is 5.32. The third kappa shape index (κ3) is 4.02. The van der Waals surface area contributed by atoms with Gasteiger partial charge in [0.25, 0.3) is 0 Å². The van der Waals surface area contributed by atoms with E-state index in [4.69, 9.17) is 0 Å². The first-order valence-corrected chi connectivity index (χ1v) is 9.54. The maximum Gasteiger partial charge on any atom is 0.227 e. The average Bonchev–Trinajstić information content (AvgIpc) is 3.25. The number of amides is 1. The molecule has 1 aromatic heterocycles. The fourth-order valence-corrected chi connectivity index (χ4v) is 3.73. The van der Waals surface area contributed by atoms with E-state index in [0.717, 1.165) is 37.8 Å². The zero-order chi connectivity index (χ0) is 18.6. The Bertz CT molecular complexity index is 800. The Morgan fingerprint density at radius 1 is 0.926 bits per heavy atom. The summed E-state index contributed by atoms with van der Waals surface area (Å²) in [5, 5.41) is 0. The lowest BCUT2D eigenvalue weighted by molar-refractivity contribution is -0.130. The number of carbonyl (C=O) groups is 1. The number of rotatable bonds is 4. The molecule has 4 rings (SSSR count). The zero-order valence-corrected chi connectivity index (χ0v) is 15.4. The Morgan fingerprint density at radius 3 is 2.22 bits per heavy atom. The van der Waals surface area contributed by atoms with E-state index in [9.17, 15) is 9.18 Å². The second kappa shape index (κ2) is 7.90. The lowest BCUT2D eigenvalue weighted by Crippen LogP contribution is -2.49. The molecule has 0 radical (unpaired) electrons. The summed E-state index contributed by atoms with van der Waals surface area (Å²) < 4.78 is 13.8. The molecule has 0 bridgehead atoms. The van der Waals surface area contributed by atoms with Crippen molar-refractivity contribution in [1.82, 2.24) is 14.9 Å². The maximum absolute atomic E-state index is 13.8. The van der Waals surface area contributed by atoms with Gasteiger partial charge in [0.15, 0.2) is 0 Å². The van der Waals surface area contributed by atoms with Crippen LogP contribution in [0.1, 0.15) is 18.4 Å². The summed E-state index contributed by atoms with van der Waals surface area (Å²) in [5.41, 5.74) is 0.455. The van der Waals surface area contributed by atoms with E-state index in [0.29, 0.717) is 18.7 Å². The number of hydrogen-bond acceptors (Lipinski definition) is 5. The molecule has 0 unspecified atom stereocenters. The number of anilines is 2. The predicted octanol–water partition coefficient (Wildman–Crippen LogP) is 2.11. The number of carbonyl (C=O) groups excluding carboxylic acids is 1. The van der Waals surface area contributed by atoms with Gasteiger partial charge in [-0.15, -0.1) is 0 Å². The van der Waals surface area contributed by atoms with Gasteiger partial charge >= 0.3 is 0 Å². The average molecular weight is 369 g/mol. The fraction of sp³-hybridized carbons (Fsp3) is 0.450. The van der Waals surface area contributed by atoms with Gasteiger partial charge in [-0.3, -0.25) is 4.79 Å². The van der Waals surface area contributed by atoms with Crippen LogP contribution in [0.15, 0.2) is 36.7 Å². The smallest absolute Gasteiger partial charge is 0.227 e. The van der Waals surface area contributed by atoms with Crippen LogP contribution in [0.3, 0.4) is 0 Å². The number of halogens is 1. The van der Waals surface area contributed by atoms with Crippen LogP contribution in [0, 0.1) is 5.82 Å². The van der Waals surface area contributed by atoms with Crippen LogP contribution in [0.2, 0.25) is 0 Å². The van der Waals surface area contributed by atoms with Gasteiger partial charge in [-0.25, -0.2) is 14.4 Å². The zero-order valence-electron chi connectivity index (χ0n) is 15.4. The Hall–Kier alpha value is -2.70. The Morgan fingerprint density at radius 2 is 1.56 bits per heavy atom. The highest BCUT2D eigenvalue weighted by molar-refractivity contribution is 5.79. The van der Waals surface area contributed by atoms with Gasteiger partial charge in [0, 0.05) is 45.3 Å². The van der Waals surface area contributed by atoms with Crippen molar-refractivity contribution in [3.05, 3.63) is 48.0 Å². The molecule has 0 saturated carbocycles. The fourth-order valence-electron chi connectivity index (χ4n) is 3.73. The SMILES string of the molecule is O=C(Cc1ccccc1F)N1CCN(c2cc(N3CCCC3)ncn2)CC1. The monoisotopic (exact) mass is 369 g/mol. The summed E-state index contributed by atoms with van der Waals surface area (Å²) in [6, 6.07) is 8.51. The molecule has 0 N–H and O–H groups in total. The van der Waals surface area contributed by atoms with E-state index >= 15 is 0 Å². The minimum Gasteiger partial charge on any atom is -0.356 e. The highest BCUT2D eigenvalue weighted by atomic mass is 19.1. The van der Waals surface area contributed by atoms with Crippen molar-refractivity contribution in [3.63, 3.8) is 0 Å². The summed E-state index contributed by atoms with van der Waals surface area (Å²) in [5.74, 6) is 1.55. The number of hydrogen-bond donors (Lipinski definition) is 0. The highest BCUT2D eigenvalue weighted by Gasteiger charge is 2.23. The molecule has 1 aromatic carbocycles. The first-order valence-electron chi connectivity index (χ1n) is 9.54. The molecule has 0 aliphatic carbocycles. The van der Waals surface area contributed by atoms with Crippen molar-refractivity contribution < 1.29 is 9.18 Å². The summed E-state index contributed by atoms with van der Waals surface area (Å²) in [6.45, 7) is 4.79. The van der Waals surface area contributed by atoms with Gasteiger partial charge in [0.05, 0.1) is 6.42 Å². The van der Waals surface area contributed by atoms with Crippen molar-refractivity contribution in [2.45, 2.75) is 19.3 Å². The van der Waals surface area contributed by atoms with E-state index < -0.39 is 0 Å². The second-order valence-electron chi connectivity index (χ2n) is 7.06. The molecule has 2 aliphatic heterocycles. The molecule has 6 nitrogen and oxygen atoms in total. The van der Waals surface area contributed by atoms with Gasteiger partial charge in [0.2, 0.25) is 5.91 Å². The summed E-state index contributed by atoms with van der Waals surface area (Å²) in [6.07, 6.45) is 4.16. The lowest BCUT2D eigenvalue weighted by atomic mass is 10.1. The van der Waals surface area contributed by atoms with Crippen LogP contribution < -0.4 is 9.80 Å². The van der Waals surface area contributed by atoms with E-state index in [1.54, 1.807) is 24.5 Å². The maximum atomic E-state index is 13.8. The number of aromatic nitrogens is 2. The first kappa shape index (κ1) is 17.7. The van der Waals surface area contributed by atoms with Crippen molar-refractivity contribution in [1.29, 1.82) is 0 Å². The van der Waals surface area contributed by atoms with Gasteiger partial charge in [-0.05, 0) is 24.5 Å². The van der Waals surface area contributed by atoms with Crippen LogP contribution >= 0.6 is 0 Å². The summed E-state index contributed by atoms with van der Waals surface area (Å²) in [4.78, 5) is 27.6. The van der Waals surface area contributed by atoms with Crippen LogP contribution in [0.5, 0.6) is 0 Å². The largest absolute Gasteiger partial charge is 0.356 e. The minimum absolute atomic E-state index is 0.0276. The van der Waals surface area contributed by atoms with Crippen LogP contribution in [-0.2, 0) is 11.2 Å². The molecule has 1 amide bonds. The molecule has 2 aliphatic rings. The van der Waals surface area contributed by atoms with Crippen molar-refractivity contribution in [2.24, 2.45) is 0 Å². The molecule has 7 heteroatoms. The standard InChI is InChI=1S/C20H24FN5O/c21-17-6-2-1-5-16(17)13-20(27)26-11-9-25(10-12-26)19-14-18(22-15-23-19)24-7-3-4-8-24/h1-2,5-6,14-15H,3-4,7-13H2. The number of nitrogens with zero attached hydrogens (tertiary/aromatic N) is 5. The van der Waals surface area contributed by atoms with Crippen LogP contribution in [0.25, 0.3) is 0 Å². The summed E-state index contributed by atoms with van der Waals surface area (Å²) in [7, 11) is 0. The van der Waals surface area contributed by atoms with Crippen LogP contribution in [-0.4, -0.2) is 60.0 Å². The molecule has 2 fully saturated rings. The van der Waals surface area contributed by atoms with Gasteiger partial charge in [-0.2, -0.15) is 0 Å². The Labute approximate surface area is 158 Å². The first-order chi connectivity index (χ1) is 13.2. The van der Waals surface area contributed by atoms with Gasteiger partial charge in [0.1, 0.15) is 23.8 Å².